The average molecular weight is 319 g/mol. The molecule has 1 aromatic rings. The van der Waals surface area contributed by atoms with Crippen molar-refractivity contribution < 1.29 is 14.4 Å². The summed E-state index contributed by atoms with van der Waals surface area (Å²) < 4.78 is 0. The van der Waals surface area contributed by atoms with Gasteiger partial charge in [0.15, 0.2) is 0 Å². The molecule has 7 heteroatoms. The van der Waals surface area contributed by atoms with Crippen LogP contribution in [0.3, 0.4) is 0 Å². The van der Waals surface area contributed by atoms with Gasteiger partial charge in [0, 0.05) is 31.0 Å². The molecule has 6 nitrogen and oxygen atoms in total. The van der Waals surface area contributed by atoms with Crippen molar-refractivity contribution in [3.63, 3.8) is 0 Å². The Balaban J connectivity index is 1.64. The summed E-state index contributed by atoms with van der Waals surface area (Å²) >= 11 is 1.52. The van der Waals surface area contributed by atoms with Gasteiger partial charge in [0.25, 0.3) is 0 Å². The second kappa shape index (κ2) is 6.39. The third kappa shape index (κ3) is 3.09. The molecular weight excluding hydrogens is 302 g/mol. The monoisotopic (exact) mass is 319 g/mol. The fraction of sp³-hybridized carbons (Fsp3) is 0.400. The lowest BCUT2D eigenvalue weighted by atomic mass is 10.2. The Morgan fingerprint density at radius 1 is 1.27 bits per heavy atom. The largest absolute Gasteiger partial charge is 0.353 e. The first-order valence-corrected chi connectivity index (χ1v) is 8.20. The zero-order chi connectivity index (χ0) is 15.5. The molecule has 0 radical (unpaired) electrons. The summed E-state index contributed by atoms with van der Waals surface area (Å²) in [6, 6.07) is 7.72. The van der Waals surface area contributed by atoms with E-state index in [4.69, 9.17) is 0 Å². The molecule has 2 heterocycles. The molecule has 0 aromatic heterocycles. The Morgan fingerprint density at radius 3 is 2.91 bits per heavy atom. The Morgan fingerprint density at radius 2 is 2.09 bits per heavy atom. The van der Waals surface area contributed by atoms with Crippen molar-refractivity contribution in [2.45, 2.75) is 11.3 Å². The van der Waals surface area contributed by atoms with Crippen molar-refractivity contribution in [1.29, 1.82) is 0 Å². The summed E-state index contributed by atoms with van der Waals surface area (Å²) in [6.07, 6.45) is 0.234. The molecule has 0 bridgehead atoms. The van der Waals surface area contributed by atoms with E-state index >= 15 is 0 Å². The number of fused-ring (bicyclic) bond motifs is 1. The molecule has 0 spiro atoms. The molecule has 1 N–H and O–H groups in total. The third-order valence-corrected chi connectivity index (χ3v) is 4.80. The van der Waals surface area contributed by atoms with Gasteiger partial charge in [0.1, 0.15) is 0 Å². The van der Waals surface area contributed by atoms with Gasteiger partial charge in [-0.2, -0.15) is 0 Å². The number of nitrogens with zero attached hydrogens (tertiary/aromatic N) is 2. The van der Waals surface area contributed by atoms with E-state index in [9.17, 15) is 14.4 Å². The quantitative estimate of drug-likeness (QED) is 0.879. The minimum absolute atomic E-state index is 0.0212. The van der Waals surface area contributed by atoms with Crippen LogP contribution in [-0.2, 0) is 14.4 Å². The van der Waals surface area contributed by atoms with Gasteiger partial charge in [-0.05, 0) is 12.1 Å². The van der Waals surface area contributed by atoms with Gasteiger partial charge in [0.2, 0.25) is 17.7 Å². The molecule has 3 rings (SSSR count). The number of carbonyl (C=O) groups is 3. The number of anilines is 1. The second-order valence-corrected chi connectivity index (χ2v) is 6.23. The van der Waals surface area contributed by atoms with Crippen LogP contribution in [-0.4, -0.2) is 54.6 Å². The molecule has 0 saturated carbocycles. The van der Waals surface area contributed by atoms with Crippen LogP contribution < -0.4 is 10.2 Å². The predicted molar refractivity (Wildman–Crippen MR) is 83.7 cm³/mol. The summed E-state index contributed by atoms with van der Waals surface area (Å²) in [7, 11) is 0. The molecule has 2 aliphatic rings. The number of para-hydroxylation sites is 1. The van der Waals surface area contributed by atoms with Gasteiger partial charge < -0.3 is 15.1 Å². The molecule has 3 amide bonds. The number of hydrogen-bond acceptors (Lipinski definition) is 4. The van der Waals surface area contributed by atoms with Crippen LogP contribution in [0.5, 0.6) is 0 Å². The predicted octanol–water partition coefficient (Wildman–Crippen LogP) is 0.474. The van der Waals surface area contributed by atoms with Crippen molar-refractivity contribution in [1.82, 2.24) is 10.2 Å². The van der Waals surface area contributed by atoms with Crippen LogP contribution in [0.15, 0.2) is 29.2 Å². The van der Waals surface area contributed by atoms with E-state index in [1.54, 1.807) is 9.80 Å². The SMILES string of the molecule is O=C1CN(C(=O)CCN2C(=O)CSc3ccccc32)CCN1. The molecule has 1 aromatic carbocycles. The number of piperazine rings is 1. The van der Waals surface area contributed by atoms with E-state index in [1.807, 2.05) is 24.3 Å². The number of benzene rings is 1. The Hall–Kier alpha value is -2.02. The molecule has 1 saturated heterocycles. The van der Waals surface area contributed by atoms with Gasteiger partial charge in [-0.1, -0.05) is 12.1 Å². The highest BCUT2D eigenvalue weighted by Gasteiger charge is 2.26. The van der Waals surface area contributed by atoms with Crippen molar-refractivity contribution in [3.05, 3.63) is 24.3 Å². The van der Waals surface area contributed by atoms with E-state index in [-0.39, 0.29) is 30.7 Å². The molecule has 0 unspecified atom stereocenters. The molecule has 116 valence electrons. The standard InChI is InChI=1S/C15H17N3O3S/c19-13-9-17(8-6-16-13)14(20)5-7-18-11-3-1-2-4-12(11)22-10-15(18)21/h1-4H,5-10H2,(H,16,19). The molecular formula is C15H17N3O3S. The van der Waals surface area contributed by atoms with E-state index in [0.717, 1.165) is 10.6 Å². The second-order valence-electron chi connectivity index (χ2n) is 5.22. The van der Waals surface area contributed by atoms with Crippen LogP contribution in [0, 0.1) is 0 Å². The lowest BCUT2D eigenvalue weighted by molar-refractivity contribution is -0.138. The first kappa shape index (κ1) is 14.9. The first-order valence-electron chi connectivity index (χ1n) is 7.22. The molecule has 0 atom stereocenters. The van der Waals surface area contributed by atoms with Gasteiger partial charge in [-0.25, -0.2) is 0 Å². The maximum atomic E-state index is 12.2. The lowest BCUT2D eigenvalue weighted by Crippen LogP contribution is -2.50. The normalized spacial score (nSPS) is 18.0. The molecule has 2 aliphatic heterocycles. The highest BCUT2D eigenvalue weighted by molar-refractivity contribution is 8.00. The van der Waals surface area contributed by atoms with Crippen molar-refractivity contribution in [2.75, 3.05) is 36.8 Å². The topological polar surface area (TPSA) is 69.7 Å². The maximum absolute atomic E-state index is 12.2. The van der Waals surface area contributed by atoms with Crippen LogP contribution in [0.1, 0.15) is 6.42 Å². The van der Waals surface area contributed by atoms with E-state index in [1.165, 1.54) is 11.8 Å². The fourth-order valence-electron chi connectivity index (χ4n) is 2.62. The van der Waals surface area contributed by atoms with Crippen LogP contribution in [0.4, 0.5) is 5.69 Å². The number of rotatable bonds is 3. The highest BCUT2D eigenvalue weighted by atomic mass is 32.2. The maximum Gasteiger partial charge on any atom is 0.239 e. The van der Waals surface area contributed by atoms with Crippen molar-refractivity contribution in [2.24, 2.45) is 0 Å². The Labute approximate surface area is 132 Å². The minimum atomic E-state index is -0.129. The van der Waals surface area contributed by atoms with Crippen LogP contribution >= 0.6 is 11.8 Å². The number of hydrogen-bond donors (Lipinski definition) is 1. The number of amides is 3. The Bertz CT molecular complexity index is 620. The minimum Gasteiger partial charge on any atom is -0.353 e. The van der Waals surface area contributed by atoms with Crippen molar-refractivity contribution in [3.8, 4) is 0 Å². The van der Waals surface area contributed by atoms with Crippen LogP contribution in [0.2, 0.25) is 0 Å². The molecule has 22 heavy (non-hydrogen) atoms. The summed E-state index contributed by atoms with van der Waals surface area (Å²) in [5.74, 6) is 0.207. The summed E-state index contributed by atoms with van der Waals surface area (Å²) in [5.41, 5.74) is 0.868. The number of thioether (sulfide) groups is 1. The van der Waals surface area contributed by atoms with Gasteiger partial charge in [-0.3, -0.25) is 14.4 Å². The van der Waals surface area contributed by atoms with E-state index in [0.29, 0.717) is 25.4 Å². The zero-order valence-electron chi connectivity index (χ0n) is 12.1. The summed E-state index contributed by atoms with van der Waals surface area (Å²) in [4.78, 5) is 39.9. The molecule has 1 fully saturated rings. The fourth-order valence-corrected chi connectivity index (χ4v) is 3.55. The molecule has 0 aliphatic carbocycles. The van der Waals surface area contributed by atoms with E-state index < -0.39 is 0 Å². The summed E-state index contributed by atoms with van der Waals surface area (Å²) in [6.45, 7) is 1.49. The zero-order valence-corrected chi connectivity index (χ0v) is 12.9. The summed E-state index contributed by atoms with van der Waals surface area (Å²) in [5, 5.41) is 2.69. The lowest BCUT2D eigenvalue weighted by Gasteiger charge is -2.30. The Kier molecular flexibility index (Phi) is 4.33. The third-order valence-electron chi connectivity index (χ3n) is 3.75. The van der Waals surface area contributed by atoms with Gasteiger partial charge in [0.05, 0.1) is 18.0 Å². The van der Waals surface area contributed by atoms with Gasteiger partial charge in [-0.15, -0.1) is 11.8 Å². The first-order chi connectivity index (χ1) is 10.6. The smallest absolute Gasteiger partial charge is 0.239 e. The van der Waals surface area contributed by atoms with Gasteiger partial charge >= 0.3 is 0 Å². The average Bonchev–Trinajstić information content (AvgIpc) is 2.53. The van der Waals surface area contributed by atoms with Crippen molar-refractivity contribution >= 4 is 35.2 Å². The number of carbonyl (C=O) groups excluding carboxylic acids is 3. The highest BCUT2D eigenvalue weighted by Crippen LogP contribution is 2.34. The number of nitrogens with one attached hydrogen (secondary N) is 1. The van der Waals surface area contributed by atoms with Crippen LogP contribution in [0.25, 0.3) is 0 Å². The van der Waals surface area contributed by atoms with E-state index in [2.05, 4.69) is 5.32 Å².